The van der Waals surface area contributed by atoms with E-state index in [1.807, 2.05) is 0 Å². The molecule has 0 aromatic heterocycles. The molecule has 2 nitrogen and oxygen atoms in total. The molecule has 0 N–H and O–H groups in total. The zero-order chi connectivity index (χ0) is 13.3. The molecule has 0 amide bonds. The van der Waals surface area contributed by atoms with Crippen LogP contribution in [0.4, 0.5) is 0 Å². The highest BCUT2D eigenvalue weighted by Gasteiger charge is 2.17. The maximum absolute atomic E-state index is 5.26. The Hall–Kier alpha value is -0.860. The average Bonchev–Trinajstić information content (AvgIpc) is 2.47. The van der Waals surface area contributed by atoms with Crippen molar-refractivity contribution in [1.82, 2.24) is 4.90 Å². The van der Waals surface area contributed by atoms with E-state index >= 15 is 0 Å². The fraction of sp³-hybridized carbons (Fsp3) is 0.647. The summed E-state index contributed by atoms with van der Waals surface area (Å²) in [6.45, 7) is 4.17. The molecule has 0 radical (unpaired) electrons. The van der Waals surface area contributed by atoms with Gasteiger partial charge in [0.25, 0.3) is 0 Å². The largest absolute Gasteiger partial charge is 0.383 e. The molecule has 1 aliphatic carbocycles. The lowest BCUT2D eigenvalue weighted by Crippen LogP contribution is -2.32. The van der Waals surface area contributed by atoms with E-state index in [4.69, 9.17) is 4.74 Å². The Balaban J connectivity index is 1.87. The Morgan fingerprint density at radius 1 is 1.11 bits per heavy atom. The van der Waals surface area contributed by atoms with Crippen LogP contribution in [-0.2, 0) is 11.3 Å². The van der Waals surface area contributed by atoms with Crippen LogP contribution in [0.2, 0.25) is 0 Å². The molecule has 0 spiro atoms. The molecule has 1 aromatic rings. The molecule has 1 aromatic carbocycles. The normalized spacial score (nSPS) is 16.9. The van der Waals surface area contributed by atoms with E-state index in [9.17, 15) is 0 Å². The van der Waals surface area contributed by atoms with Crippen molar-refractivity contribution in [2.45, 2.75) is 38.6 Å². The van der Waals surface area contributed by atoms with Gasteiger partial charge in [-0.15, -0.1) is 0 Å². The molecule has 0 unspecified atom stereocenters. The minimum atomic E-state index is 0.833. The first kappa shape index (κ1) is 14.5. The molecule has 2 rings (SSSR count). The zero-order valence-corrected chi connectivity index (χ0v) is 12.2. The van der Waals surface area contributed by atoms with Crippen LogP contribution in [0.15, 0.2) is 30.3 Å². The number of benzene rings is 1. The van der Waals surface area contributed by atoms with Crippen molar-refractivity contribution in [3.05, 3.63) is 35.9 Å². The molecular weight excluding hydrogens is 234 g/mol. The fourth-order valence-electron chi connectivity index (χ4n) is 3.03. The second kappa shape index (κ2) is 8.34. The Labute approximate surface area is 117 Å². The molecule has 0 heterocycles. The number of hydrogen-bond acceptors (Lipinski definition) is 2. The quantitative estimate of drug-likeness (QED) is 0.742. The summed E-state index contributed by atoms with van der Waals surface area (Å²) in [5.41, 5.74) is 1.41. The first-order chi connectivity index (χ1) is 9.38. The number of rotatable bonds is 7. The summed E-state index contributed by atoms with van der Waals surface area (Å²) in [6, 6.07) is 10.8. The summed E-state index contributed by atoms with van der Waals surface area (Å²) < 4.78 is 5.26. The first-order valence-electron chi connectivity index (χ1n) is 7.63. The highest BCUT2D eigenvalue weighted by atomic mass is 16.5. The third-order valence-corrected chi connectivity index (χ3v) is 4.10. The second-order valence-electron chi connectivity index (χ2n) is 5.72. The van der Waals surface area contributed by atoms with E-state index in [1.54, 1.807) is 7.11 Å². The SMILES string of the molecule is COCCN(Cc1ccccc1)CC1CCCCC1. The minimum absolute atomic E-state index is 0.833. The molecule has 106 valence electrons. The standard InChI is InChI=1S/C17H27NO/c1-19-13-12-18(14-16-8-4-2-5-9-16)15-17-10-6-3-7-11-17/h2,4-5,8-9,17H,3,6-7,10-15H2,1H3. The summed E-state index contributed by atoms with van der Waals surface area (Å²) in [5, 5.41) is 0. The van der Waals surface area contributed by atoms with Gasteiger partial charge in [0, 0.05) is 26.7 Å². The van der Waals surface area contributed by atoms with Crippen molar-refractivity contribution in [3.63, 3.8) is 0 Å². The van der Waals surface area contributed by atoms with Gasteiger partial charge in [-0.2, -0.15) is 0 Å². The summed E-state index contributed by atoms with van der Waals surface area (Å²) >= 11 is 0. The predicted molar refractivity (Wildman–Crippen MR) is 80.2 cm³/mol. The number of ether oxygens (including phenoxy) is 1. The van der Waals surface area contributed by atoms with Gasteiger partial charge >= 0.3 is 0 Å². The first-order valence-corrected chi connectivity index (χ1v) is 7.63. The van der Waals surface area contributed by atoms with Crippen LogP contribution in [0.5, 0.6) is 0 Å². The van der Waals surface area contributed by atoms with Gasteiger partial charge in [0.1, 0.15) is 0 Å². The summed E-state index contributed by atoms with van der Waals surface area (Å²) in [5.74, 6) is 0.898. The van der Waals surface area contributed by atoms with Gasteiger partial charge < -0.3 is 4.74 Å². The van der Waals surface area contributed by atoms with Crippen LogP contribution < -0.4 is 0 Å². The van der Waals surface area contributed by atoms with Gasteiger partial charge in [0.05, 0.1) is 6.61 Å². The summed E-state index contributed by atoms with van der Waals surface area (Å²) in [6.07, 6.45) is 7.12. The Kier molecular flexibility index (Phi) is 6.38. The second-order valence-corrected chi connectivity index (χ2v) is 5.72. The van der Waals surface area contributed by atoms with Crippen LogP contribution in [0.1, 0.15) is 37.7 Å². The van der Waals surface area contributed by atoms with Crippen molar-refractivity contribution in [3.8, 4) is 0 Å². The van der Waals surface area contributed by atoms with Gasteiger partial charge in [0.15, 0.2) is 0 Å². The average molecular weight is 261 g/mol. The van der Waals surface area contributed by atoms with Gasteiger partial charge in [-0.1, -0.05) is 49.6 Å². The van der Waals surface area contributed by atoms with E-state index < -0.39 is 0 Å². The minimum Gasteiger partial charge on any atom is -0.383 e. The lowest BCUT2D eigenvalue weighted by Gasteiger charge is -2.29. The molecule has 0 bridgehead atoms. The van der Waals surface area contributed by atoms with Gasteiger partial charge in [-0.3, -0.25) is 4.90 Å². The van der Waals surface area contributed by atoms with E-state index in [1.165, 1.54) is 44.2 Å². The van der Waals surface area contributed by atoms with Crippen molar-refractivity contribution < 1.29 is 4.74 Å². The Morgan fingerprint density at radius 2 is 1.84 bits per heavy atom. The van der Waals surface area contributed by atoms with Crippen LogP contribution in [0.3, 0.4) is 0 Å². The maximum atomic E-state index is 5.26. The molecule has 1 saturated carbocycles. The van der Waals surface area contributed by atoms with Crippen LogP contribution in [-0.4, -0.2) is 31.7 Å². The van der Waals surface area contributed by atoms with Crippen molar-refractivity contribution >= 4 is 0 Å². The number of methoxy groups -OCH3 is 1. The van der Waals surface area contributed by atoms with Crippen molar-refractivity contribution in [2.75, 3.05) is 26.8 Å². The number of nitrogens with zero attached hydrogens (tertiary/aromatic N) is 1. The number of hydrogen-bond donors (Lipinski definition) is 0. The molecule has 0 aliphatic heterocycles. The van der Waals surface area contributed by atoms with E-state index in [0.29, 0.717) is 0 Å². The monoisotopic (exact) mass is 261 g/mol. The zero-order valence-electron chi connectivity index (χ0n) is 12.2. The van der Waals surface area contributed by atoms with Gasteiger partial charge in [-0.05, 0) is 24.3 Å². The van der Waals surface area contributed by atoms with Gasteiger partial charge in [0.2, 0.25) is 0 Å². The van der Waals surface area contributed by atoms with Crippen molar-refractivity contribution in [1.29, 1.82) is 0 Å². The third kappa shape index (κ3) is 5.33. The lowest BCUT2D eigenvalue weighted by atomic mass is 9.89. The molecule has 19 heavy (non-hydrogen) atoms. The molecule has 1 fully saturated rings. The van der Waals surface area contributed by atoms with Crippen LogP contribution in [0, 0.1) is 5.92 Å². The van der Waals surface area contributed by atoms with E-state index in [2.05, 4.69) is 35.2 Å². The fourth-order valence-corrected chi connectivity index (χ4v) is 3.03. The Bertz CT molecular complexity index is 332. The molecule has 2 heteroatoms. The highest BCUT2D eigenvalue weighted by molar-refractivity contribution is 5.14. The third-order valence-electron chi connectivity index (χ3n) is 4.10. The van der Waals surface area contributed by atoms with Crippen molar-refractivity contribution in [2.24, 2.45) is 5.92 Å². The predicted octanol–water partition coefficient (Wildman–Crippen LogP) is 3.72. The molecular formula is C17H27NO. The summed E-state index contributed by atoms with van der Waals surface area (Å²) in [7, 11) is 1.79. The molecule has 1 aliphatic rings. The molecule has 0 atom stereocenters. The smallest absolute Gasteiger partial charge is 0.0589 e. The molecule has 0 saturated heterocycles. The maximum Gasteiger partial charge on any atom is 0.0589 e. The van der Waals surface area contributed by atoms with Gasteiger partial charge in [-0.25, -0.2) is 0 Å². The van der Waals surface area contributed by atoms with E-state index in [0.717, 1.165) is 25.6 Å². The summed E-state index contributed by atoms with van der Waals surface area (Å²) in [4.78, 5) is 2.56. The topological polar surface area (TPSA) is 12.5 Å². The lowest BCUT2D eigenvalue weighted by molar-refractivity contribution is 0.124. The van der Waals surface area contributed by atoms with Crippen LogP contribution >= 0.6 is 0 Å². The highest BCUT2D eigenvalue weighted by Crippen LogP contribution is 2.24. The van der Waals surface area contributed by atoms with Crippen LogP contribution in [0.25, 0.3) is 0 Å². The van der Waals surface area contributed by atoms with E-state index in [-0.39, 0.29) is 0 Å². The Morgan fingerprint density at radius 3 is 2.53 bits per heavy atom.